The SMILES string of the molecule is O=S(=O)(c1c(Br)cc(F)cc1Br)N(C[C@H]1CCOC1)C1CC1. The molecular weight excluding hydrogens is 441 g/mol. The fourth-order valence-corrected chi connectivity index (χ4v) is 6.89. The van der Waals surface area contributed by atoms with E-state index in [4.69, 9.17) is 4.74 Å². The summed E-state index contributed by atoms with van der Waals surface area (Å²) in [4.78, 5) is 0.0970. The third-order valence-corrected chi connectivity index (χ3v) is 7.74. The lowest BCUT2D eigenvalue weighted by Gasteiger charge is -2.25. The number of halogens is 3. The molecule has 1 saturated heterocycles. The lowest BCUT2D eigenvalue weighted by molar-refractivity contribution is 0.180. The fraction of sp³-hybridized carbons (Fsp3) is 0.571. The maximum Gasteiger partial charge on any atom is 0.245 e. The van der Waals surface area contributed by atoms with Crippen molar-refractivity contribution in [3.05, 3.63) is 26.9 Å². The van der Waals surface area contributed by atoms with Gasteiger partial charge in [-0.3, -0.25) is 0 Å². The van der Waals surface area contributed by atoms with Crippen molar-refractivity contribution in [2.75, 3.05) is 19.8 Å². The summed E-state index contributed by atoms with van der Waals surface area (Å²) in [6.45, 7) is 1.75. The van der Waals surface area contributed by atoms with Gasteiger partial charge >= 0.3 is 0 Å². The molecule has 0 radical (unpaired) electrons. The second-order valence-corrected chi connectivity index (χ2v) is 9.27. The molecule has 1 aromatic rings. The van der Waals surface area contributed by atoms with Crippen molar-refractivity contribution in [3.8, 4) is 0 Å². The van der Waals surface area contributed by atoms with Crippen molar-refractivity contribution in [1.82, 2.24) is 4.31 Å². The van der Waals surface area contributed by atoms with Crippen LogP contribution in [-0.4, -0.2) is 38.5 Å². The Morgan fingerprint density at radius 3 is 2.36 bits per heavy atom. The first-order valence-electron chi connectivity index (χ1n) is 7.13. The molecule has 0 spiro atoms. The highest BCUT2D eigenvalue weighted by molar-refractivity contribution is 9.11. The molecular formula is C14H16Br2FNO3S. The monoisotopic (exact) mass is 455 g/mol. The van der Waals surface area contributed by atoms with Crippen LogP contribution in [0, 0.1) is 11.7 Å². The van der Waals surface area contributed by atoms with E-state index < -0.39 is 15.8 Å². The number of hydrogen-bond donors (Lipinski definition) is 0. The van der Waals surface area contributed by atoms with E-state index in [1.54, 1.807) is 4.31 Å². The van der Waals surface area contributed by atoms with E-state index in [1.165, 1.54) is 12.1 Å². The molecule has 122 valence electrons. The zero-order valence-electron chi connectivity index (χ0n) is 11.8. The fourth-order valence-electron chi connectivity index (χ4n) is 2.68. The van der Waals surface area contributed by atoms with E-state index in [1.807, 2.05) is 0 Å². The molecule has 0 N–H and O–H groups in total. The van der Waals surface area contributed by atoms with Gasteiger partial charge in [0.25, 0.3) is 0 Å². The second kappa shape index (κ2) is 6.47. The number of hydrogen-bond acceptors (Lipinski definition) is 3. The molecule has 8 heteroatoms. The van der Waals surface area contributed by atoms with Gasteiger partial charge < -0.3 is 4.74 Å². The quantitative estimate of drug-likeness (QED) is 0.680. The van der Waals surface area contributed by atoms with E-state index in [0.717, 1.165) is 19.3 Å². The lowest BCUT2D eigenvalue weighted by Crippen LogP contribution is -2.37. The molecule has 1 aliphatic heterocycles. The van der Waals surface area contributed by atoms with Crippen LogP contribution in [0.2, 0.25) is 0 Å². The first kappa shape index (κ1) is 16.8. The summed E-state index contributed by atoms with van der Waals surface area (Å²) in [7, 11) is -3.69. The Morgan fingerprint density at radius 2 is 1.86 bits per heavy atom. The summed E-state index contributed by atoms with van der Waals surface area (Å²) in [5, 5.41) is 0. The first-order valence-corrected chi connectivity index (χ1v) is 10.2. The van der Waals surface area contributed by atoms with Crippen LogP contribution in [0.15, 0.2) is 26.0 Å². The van der Waals surface area contributed by atoms with E-state index in [9.17, 15) is 12.8 Å². The van der Waals surface area contributed by atoms with Gasteiger partial charge in [-0.05, 0) is 69.2 Å². The lowest BCUT2D eigenvalue weighted by atomic mass is 10.1. The van der Waals surface area contributed by atoms with Crippen LogP contribution >= 0.6 is 31.9 Å². The van der Waals surface area contributed by atoms with Crippen molar-refractivity contribution in [3.63, 3.8) is 0 Å². The number of rotatable bonds is 5. The van der Waals surface area contributed by atoms with Crippen molar-refractivity contribution in [2.24, 2.45) is 5.92 Å². The van der Waals surface area contributed by atoms with E-state index in [-0.39, 0.29) is 25.8 Å². The summed E-state index contributed by atoms with van der Waals surface area (Å²) >= 11 is 6.37. The summed E-state index contributed by atoms with van der Waals surface area (Å²) in [5.74, 6) is -0.256. The highest BCUT2D eigenvalue weighted by Crippen LogP contribution is 2.39. The molecule has 1 aliphatic carbocycles. The van der Waals surface area contributed by atoms with Crippen LogP contribution in [0.25, 0.3) is 0 Å². The van der Waals surface area contributed by atoms with Gasteiger partial charge in [0.2, 0.25) is 10.0 Å². The zero-order valence-corrected chi connectivity index (χ0v) is 15.8. The topological polar surface area (TPSA) is 46.6 Å². The highest BCUT2D eigenvalue weighted by atomic mass is 79.9. The predicted molar refractivity (Wildman–Crippen MR) is 87.6 cm³/mol. The minimum atomic E-state index is -3.69. The first-order chi connectivity index (χ1) is 10.4. The van der Waals surface area contributed by atoms with Gasteiger partial charge in [0, 0.05) is 28.1 Å². The summed E-state index contributed by atoms with van der Waals surface area (Å²) in [6, 6.07) is 2.41. The maximum absolute atomic E-state index is 13.4. The molecule has 1 atom stereocenters. The third kappa shape index (κ3) is 3.40. The van der Waals surface area contributed by atoms with Crippen LogP contribution in [0.5, 0.6) is 0 Å². The van der Waals surface area contributed by atoms with Gasteiger partial charge in [-0.25, -0.2) is 12.8 Å². The normalized spacial score (nSPS) is 22.5. The minimum absolute atomic E-state index is 0.0504. The second-order valence-electron chi connectivity index (χ2n) is 5.73. The molecule has 0 unspecified atom stereocenters. The average molecular weight is 457 g/mol. The summed E-state index contributed by atoms with van der Waals surface area (Å²) in [6.07, 6.45) is 2.64. The van der Waals surface area contributed by atoms with Crippen molar-refractivity contribution in [1.29, 1.82) is 0 Å². The molecule has 1 saturated carbocycles. The Balaban J connectivity index is 1.95. The van der Waals surface area contributed by atoms with Crippen LogP contribution in [0.1, 0.15) is 19.3 Å². The number of benzene rings is 1. The summed E-state index contributed by atoms with van der Waals surface area (Å²) < 4.78 is 46.9. The van der Waals surface area contributed by atoms with Gasteiger partial charge in [0.1, 0.15) is 10.7 Å². The molecule has 22 heavy (non-hydrogen) atoms. The Kier molecular flexibility index (Phi) is 4.95. The summed E-state index contributed by atoms with van der Waals surface area (Å²) in [5.41, 5.74) is 0. The van der Waals surface area contributed by atoms with Gasteiger partial charge in [0.05, 0.1) is 6.61 Å². The van der Waals surface area contributed by atoms with Crippen LogP contribution in [0.3, 0.4) is 0 Å². The molecule has 0 amide bonds. The average Bonchev–Trinajstić information content (AvgIpc) is 3.10. The van der Waals surface area contributed by atoms with Crippen LogP contribution in [0.4, 0.5) is 4.39 Å². The van der Waals surface area contributed by atoms with Crippen molar-refractivity contribution < 1.29 is 17.5 Å². The number of nitrogens with zero attached hydrogens (tertiary/aromatic N) is 1. The molecule has 4 nitrogen and oxygen atoms in total. The zero-order chi connectivity index (χ0) is 15.9. The van der Waals surface area contributed by atoms with E-state index in [0.29, 0.717) is 19.8 Å². The Labute approximate surface area is 146 Å². The Morgan fingerprint density at radius 1 is 1.23 bits per heavy atom. The van der Waals surface area contributed by atoms with E-state index in [2.05, 4.69) is 31.9 Å². The molecule has 0 aromatic heterocycles. The van der Waals surface area contributed by atoms with Gasteiger partial charge in [-0.15, -0.1) is 0 Å². The molecule has 3 rings (SSSR count). The molecule has 1 heterocycles. The molecule has 1 aromatic carbocycles. The van der Waals surface area contributed by atoms with Crippen molar-refractivity contribution in [2.45, 2.75) is 30.2 Å². The van der Waals surface area contributed by atoms with Gasteiger partial charge in [-0.2, -0.15) is 4.31 Å². The van der Waals surface area contributed by atoms with Crippen LogP contribution in [-0.2, 0) is 14.8 Å². The Hall–Kier alpha value is -0.0200. The van der Waals surface area contributed by atoms with Gasteiger partial charge in [-0.1, -0.05) is 0 Å². The smallest absolute Gasteiger partial charge is 0.245 e. The number of ether oxygens (including phenoxy) is 1. The molecule has 2 aliphatic rings. The molecule has 0 bridgehead atoms. The third-order valence-electron chi connectivity index (χ3n) is 3.95. The largest absolute Gasteiger partial charge is 0.381 e. The van der Waals surface area contributed by atoms with Crippen molar-refractivity contribution >= 4 is 41.9 Å². The van der Waals surface area contributed by atoms with Crippen LogP contribution < -0.4 is 0 Å². The Bertz CT molecular complexity index is 650. The standard InChI is InChI=1S/C14H16Br2FNO3S/c15-12-5-10(17)6-13(16)14(12)22(19,20)18(11-1-2-11)7-9-3-4-21-8-9/h5-6,9,11H,1-4,7-8H2/t9-/m1/s1. The minimum Gasteiger partial charge on any atom is -0.381 e. The van der Waals surface area contributed by atoms with Gasteiger partial charge in [0.15, 0.2) is 0 Å². The maximum atomic E-state index is 13.4. The predicted octanol–water partition coefficient (Wildman–Crippen LogP) is 3.54. The molecule has 2 fully saturated rings. The number of sulfonamides is 1. The van der Waals surface area contributed by atoms with E-state index >= 15 is 0 Å². The highest BCUT2D eigenvalue weighted by Gasteiger charge is 2.41.